The quantitative estimate of drug-likeness (QED) is 0.486. The van der Waals surface area contributed by atoms with Gasteiger partial charge in [0, 0.05) is 18.7 Å². The molecular formula is C24H22N4O4S. The zero-order chi connectivity index (χ0) is 23.5. The van der Waals surface area contributed by atoms with Gasteiger partial charge in [0.2, 0.25) is 11.8 Å². The summed E-state index contributed by atoms with van der Waals surface area (Å²) in [5, 5.41) is 15.6. The molecule has 0 unspecified atom stereocenters. The topological polar surface area (TPSA) is 109 Å². The summed E-state index contributed by atoms with van der Waals surface area (Å²) in [5.74, 6) is 0.0283. The van der Waals surface area contributed by atoms with Gasteiger partial charge < -0.3 is 15.2 Å². The van der Waals surface area contributed by atoms with Gasteiger partial charge in [0.15, 0.2) is 4.77 Å². The van der Waals surface area contributed by atoms with Gasteiger partial charge in [-0.2, -0.15) is 0 Å². The Morgan fingerprint density at radius 1 is 1.24 bits per heavy atom. The number of aromatic amines is 1. The molecule has 2 aromatic carbocycles. The molecule has 0 saturated heterocycles. The number of aromatic nitrogens is 2. The van der Waals surface area contributed by atoms with Crippen molar-refractivity contribution in [2.24, 2.45) is 4.99 Å². The lowest BCUT2D eigenvalue weighted by Gasteiger charge is -2.14. The first kappa shape index (κ1) is 22.2. The van der Waals surface area contributed by atoms with Crippen molar-refractivity contribution in [1.29, 1.82) is 0 Å². The van der Waals surface area contributed by atoms with Crippen LogP contribution in [0.3, 0.4) is 0 Å². The average molecular weight is 463 g/mol. The predicted octanol–water partition coefficient (Wildman–Crippen LogP) is 1.96. The van der Waals surface area contributed by atoms with Crippen LogP contribution in [-0.4, -0.2) is 34.2 Å². The fraction of sp³-hybridized carbons (Fsp3) is 0.167. The molecule has 33 heavy (non-hydrogen) atoms. The maximum Gasteiger partial charge on any atom is 0.262 e. The lowest BCUT2D eigenvalue weighted by Crippen LogP contribution is -2.25. The van der Waals surface area contributed by atoms with Crippen LogP contribution >= 0.6 is 12.2 Å². The summed E-state index contributed by atoms with van der Waals surface area (Å²) in [4.78, 5) is 31.4. The molecule has 0 fully saturated rings. The summed E-state index contributed by atoms with van der Waals surface area (Å²) >= 11 is 5.32. The van der Waals surface area contributed by atoms with E-state index in [1.54, 1.807) is 24.3 Å². The van der Waals surface area contributed by atoms with Gasteiger partial charge >= 0.3 is 0 Å². The van der Waals surface area contributed by atoms with Crippen molar-refractivity contribution >= 4 is 29.8 Å². The Morgan fingerprint density at radius 2 is 1.97 bits per heavy atom. The largest absolute Gasteiger partial charge is 0.495 e. The molecule has 8 nitrogen and oxygen atoms in total. The number of nitrogens with zero attached hydrogens (tertiary/aromatic N) is 2. The SMILES string of the molecule is COc1ccccc1-n1c(O)c(C=C2N=c3ccccc3=C2CCNC(C)=O)c(=O)[nH]c1=S. The van der Waals surface area contributed by atoms with E-state index in [0.717, 1.165) is 16.1 Å². The van der Waals surface area contributed by atoms with Crippen LogP contribution in [0.5, 0.6) is 11.6 Å². The summed E-state index contributed by atoms with van der Waals surface area (Å²) in [5.41, 5.74) is 1.36. The average Bonchev–Trinajstić information content (AvgIpc) is 3.14. The lowest BCUT2D eigenvalue weighted by molar-refractivity contribution is -0.118. The molecule has 1 amide bonds. The molecule has 1 aliphatic heterocycles. The Balaban J connectivity index is 1.88. The zero-order valence-electron chi connectivity index (χ0n) is 18.1. The molecule has 2 heterocycles. The van der Waals surface area contributed by atoms with E-state index in [-0.39, 0.29) is 22.1 Å². The Bertz CT molecular complexity index is 1520. The highest BCUT2D eigenvalue weighted by Crippen LogP contribution is 2.29. The summed E-state index contributed by atoms with van der Waals surface area (Å²) in [7, 11) is 1.51. The number of aromatic hydroxyl groups is 1. The molecule has 1 aliphatic rings. The van der Waals surface area contributed by atoms with Crippen LogP contribution in [0, 0.1) is 4.77 Å². The molecule has 4 rings (SSSR count). The smallest absolute Gasteiger partial charge is 0.262 e. The number of carbonyl (C=O) groups is 1. The van der Waals surface area contributed by atoms with Crippen LogP contribution in [0.4, 0.5) is 0 Å². The Morgan fingerprint density at radius 3 is 2.73 bits per heavy atom. The third-order valence-electron chi connectivity index (χ3n) is 5.26. The van der Waals surface area contributed by atoms with E-state index in [4.69, 9.17) is 17.0 Å². The van der Waals surface area contributed by atoms with E-state index in [0.29, 0.717) is 30.1 Å². The minimum absolute atomic E-state index is 0.0121. The second-order valence-corrected chi connectivity index (χ2v) is 7.76. The predicted molar refractivity (Wildman–Crippen MR) is 127 cm³/mol. The molecule has 0 bridgehead atoms. The normalized spacial score (nSPS) is 13.5. The number of benzene rings is 2. The summed E-state index contributed by atoms with van der Waals surface area (Å²) in [6.07, 6.45) is 2.05. The maximum absolute atomic E-state index is 12.8. The van der Waals surface area contributed by atoms with E-state index in [1.807, 2.05) is 24.3 Å². The minimum atomic E-state index is -0.538. The number of hydrogen-bond acceptors (Lipinski definition) is 6. The number of nitrogens with one attached hydrogen (secondary N) is 2. The molecule has 0 saturated carbocycles. The molecule has 0 radical (unpaired) electrons. The molecule has 0 aliphatic carbocycles. The van der Waals surface area contributed by atoms with Crippen LogP contribution in [0.25, 0.3) is 17.3 Å². The zero-order valence-corrected chi connectivity index (χ0v) is 18.9. The standard InChI is InChI=1S/C24H22N4O4S/c1-14(29)25-12-11-16-15-7-3-4-8-18(15)26-19(16)13-17-22(30)27-24(33)28(23(17)31)20-9-5-6-10-21(20)32-2/h3-10,13,31H,11-12H2,1-2H3,(H,25,29)(H,27,30,33). The second-order valence-electron chi connectivity index (χ2n) is 7.37. The highest BCUT2D eigenvalue weighted by Gasteiger charge is 2.19. The van der Waals surface area contributed by atoms with Gasteiger partial charge in [0.25, 0.3) is 5.56 Å². The van der Waals surface area contributed by atoms with Crippen molar-refractivity contribution in [2.75, 3.05) is 13.7 Å². The van der Waals surface area contributed by atoms with Gasteiger partial charge in [-0.1, -0.05) is 30.3 Å². The molecule has 0 spiro atoms. The van der Waals surface area contributed by atoms with Gasteiger partial charge in [-0.15, -0.1) is 0 Å². The number of H-pyrrole nitrogens is 1. The number of fused-ring (bicyclic) bond motifs is 1. The minimum Gasteiger partial charge on any atom is -0.495 e. The number of methoxy groups -OCH3 is 1. The number of amides is 1. The van der Waals surface area contributed by atoms with Gasteiger partial charge in [0.05, 0.1) is 23.9 Å². The molecule has 0 atom stereocenters. The Kier molecular flexibility index (Phi) is 6.23. The second kappa shape index (κ2) is 9.25. The van der Waals surface area contributed by atoms with Gasteiger partial charge in [-0.05, 0) is 48.5 Å². The molecular weight excluding hydrogens is 440 g/mol. The van der Waals surface area contributed by atoms with Crippen LogP contribution in [-0.2, 0) is 4.79 Å². The first-order chi connectivity index (χ1) is 15.9. The van der Waals surface area contributed by atoms with E-state index in [1.165, 1.54) is 24.7 Å². The van der Waals surface area contributed by atoms with E-state index >= 15 is 0 Å². The number of rotatable bonds is 6. The van der Waals surface area contributed by atoms with E-state index in [2.05, 4.69) is 15.3 Å². The Hall–Kier alpha value is -3.98. The molecule has 3 N–H and O–H groups in total. The summed E-state index contributed by atoms with van der Waals surface area (Å²) in [6, 6.07) is 14.6. The van der Waals surface area contributed by atoms with Crippen LogP contribution in [0.2, 0.25) is 0 Å². The third-order valence-corrected chi connectivity index (χ3v) is 5.54. The van der Waals surface area contributed by atoms with Crippen molar-refractivity contribution in [2.45, 2.75) is 13.3 Å². The van der Waals surface area contributed by atoms with Crippen molar-refractivity contribution in [3.05, 3.63) is 85.5 Å². The fourth-order valence-electron chi connectivity index (χ4n) is 3.75. The van der Waals surface area contributed by atoms with Crippen LogP contribution in [0.1, 0.15) is 18.9 Å². The van der Waals surface area contributed by atoms with E-state index < -0.39 is 5.56 Å². The number of ether oxygens (including phenoxy) is 1. The highest BCUT2D eigenvalue weighted by atomic mass is 32.1. The molecule has 168 valence electrons. The van der Waals surface area contributed by atoms with Gasteiger partial charge in [-0.3, -0.25) is 19.1 Å². The first-order valence-corrected chi connectivity index (χ1v) is 10.7. The molecule has 1 aromatic heterocycles. The first-order valence-electron chi connectivity index (χ1n) is 10.3. The molecule has 3 aromatic rings. The highest BCUT2D eigenvalue weighted by molar-refractivity contribution is 7.71. The molecule has 9 heteroatoms. The van der Waals surface area contributed by atoms with Crippen molar-refractivity contribution in [1.82, 2.24) is 14.9 Å². The summed E-state index contributed by atoms with van der Waals surface area (Å²) < 4.78 is 6.77. The number of allylic oxidation sites excluding steroid dienone is 1. The number of hydrogen-bond donors (Lipinski definition) is 3. The maximum atomic E-state index is 12.8. The fourth-order valence-corrected chi connectivity index (χ4v) is 4.03. The summed E-state index contributed by atoms with van der Waals surface area (Å²) in [6.45, 7) is 1.87. The van der Waals surface area contributed by atoms with Crippen molar-refractivity contribution < 1.29 is 14.6 Å². The van der Waals surface area contributed by atoms with Gasteiger partial charge in [-0.25, -0.2) is 4.99 Å². The van der Waals surface area contributed by atoms with Crippen molar-refractivity contribution in [3.8, 4) is 17.3 Å². The van der Waals surface area contributed by atoms with Crippen molar-refractivity contribution in [3.63, 3.8) is 0 Å². The number of para-hydroxylation sites is 3. The van der Waals surface area contributed by atoms with E-state index in [9.17, 15) is 14.7 Å². The monoisotopic (exact) mass is 462 g/mol. The number of carbonyl (C=O) groups excluding carboxylic acids is 1. The van der Waals surface area contributed by atoms with Crippen LogP contribution in [0.15, 0.2) is 64.0 Å². The lowest BCUT2D eigenvalue weighted by atomic mass is 10.1. The third kappa shape index (κ3) is 4.35. The van der Waals surface area contributed by atoms with Gasteiger partial charge in [0.1, 0.15) is 11.3 Å². The van der Waals surface area contributed by atoms with Crippen LogP contribution < -0.4 is 26.2 Å². The Labute approximate surface area is 194 Å².